The summed E-state index contributed by atoms with van der Waals surface area (Å²) in [5.74, 6) is 1.18. The quantitative estimate of drug-likeness (QED) is 0.521. The summed E-state index contributed by atoms with van der Waals surface area (Å²) in [7, 11) is 5.65. The van der Waals surface area contributed by atoms with E-state index in [-0.39, 0.29) is 0 Å². The number of nitrogens with one attached hydrogen (secondary N) is 1. The highest BCUT2D eigenvalue weighted by Gasteiger charge is 2.18. The molecule has 0 fully saturated rings. The Bertz CT molecular complexity index is 1190. The van der Waals surface area contributed by atoms with E-state index in [9.17, 15) is 0 Å². The average Bonchev–Trinajstić information content (AvgIpc) is 3.18. The average molecular weight is 412 g/mol. The van der Waals surface area contributed by atoms with Crippen molar-refractivity contribution in [1.82, 2.24) is 29.5 Å². The van der Waals surface area contributed by atoms with Crippen molar-refractivity contribution >= 4 is 34.2 Å². The molecule has 0 amide bonds. The topological polar surface area (TPSA) is 80.5 Å². The van der Waals surface area contributed by atoms with Gasteiger partial charge < -0.3 is 15.0 Å². The highest BCUT2D eigenvalue weighted by Crippen LogP contribution is 2.40. The lowest BCUT2D eigenvalue weighted by molar-refractivity contribution is 0.415. The number of ether oxygens (including phenoxy) is 1. The van der Waals surface area contributed by atoms with Crippen LogP contribution in [-0.4, -0.2) is 63.8 Å². The van der Waals surface area contributed by atoms with E-state index in [1.165, 1.54) is 0 Å². The number of hydrogen-bond acceptors (Lipinski definition) is 7. The molecule has 0 aliphatic rings. The van der Waals surface area contributed by atoms with Crippen LogP contribution in [0, 0.1) is 6.92 Å². The predicted molar refractivity (Wildman–Crippen MR) is 115 cm³/mol. The zero-order valence-corrected chi connectivity index (χ0v) is 17.5. The third kappa shape index (κ3) is 3.56. The van der Waals surface area contributed by atoms with Gasteiger partial charge >= 0.3 is 0 Å². The lowest BCUT2D eigenvalue weighted by Crippen LogP contribution is -2.21. The van der Waals surface area contributed by atoms with Gasteiger partial charge in [0.1, 0.15) is 12.1 Å². The molecule has 1 N–H and O–H groups in total. The molecule has 0 bridgehead atoms. The van der Waals surface area contributed by atoms with Crippen LogP contribution < -0.4 is 10.1 Å². The summed E-state index contributed by atoms with van der Waals surface area (Å²) < 4.78 is 7.26. The number of nitrogens with zero attached hydrogens (tertiary/aromatic N) is 6. The number of aromatic nitrogens is 5. The lowest BCUT2D eigenvalue weighted by atomic mass is 10.00. The summed E-state index contributed by atoms with van der Waals surface area (Å²) in [6, 6.07) is 5.83. The number of likely N-dealkylation sites (N-methyl/N-ethyl adjacent to an activating group) is 1. The molecule has 0 aliphatic carbocycles. The van der Waals surface area contributed by atoms with Gasteiger partial charge in [-0.3, -0.25) is 4.40 Å². The van der Waals surface area contributed by atoms with Crippen LogP contribution in [0.2, 0.25) is 5.02 Å². The molecule has 0 atom stereocenters. The SMILES string of the molecule is COc1ccc(C)c(-c2cc3cnc(NCCN(C)C)nc3n3cnnc23)c1Cl. The summed E-state index contributed by atoms with van der Waals surface area (Å²) in [5.41, 5.74) is 4.14. The van der Waals surface area contributed by atoms with Crippen LogP contribution in [-0.2, 0) is 0 Å². The molecule has 150 valence electrons. The van der Waals surface area contributed by atoms with Crippen molar-refractivity contribution in [3.63, 3.8) is 0 Å². The van der Waals surface area contributed by atoms with Crippen molar-refractivity contribution in [2.24, 2.45) is 0 Å². The highest BCUT2D eigenvalue weighted by atomic mass is 35.5. The molecular formula is C20H22ClN7O. The van der Waals surface area contributed by atoms with Gasteiger partial charge in [-0.2, -0.15) is 4.98 Å². The van der Waals surface area contributed by atoms with E-state index in [1.807, 2.05) is 43.6 Å². The van der Waals surface area contributed by atoms with Gasteiger partial charge in [0.2, 0.25) is 5.95 Å². The molecule has 0 saturated carbocycles. The minimum Gasteiger partial charge on any atom is -0.495 e. The van der Waals surface area contributed by atoms with Crippen LogP contribution in [0.5, 0.6) is 5.75 Å². The number of pyridine rings is 1. The Balaban J connectivity index is 1.87. The van der Waals surface area contributed by atoms with Crippen LogP contribution in [0.4, 0.5) is 5.95 Å². The van der Waals surface area contributed by atoms with E-state index < -0.39 is 0 Å². The molecule has 29 heavy (non-hydrogen) atoms. The van der Waals surface area contributed by atoms with Crippen molar-refractivity contribution in [3.05, 3.63) is 41.3 Å². The van der Waals surface area contributed by atoms with E-state index >= 15 is 0 Å². The second kappa shape index (κ2) is 7.81. The first-order chi connectivity index (χ1) is 14.0. The maximum atomic E-state index is 6.65. The zero-order valence-electron chi connectivity index (χ0n) is 16.8. The Kier molecular flexibility index (Phi) is 5.21. The van der Waals surface area contributed by atoms with Crippen molar-refractivity contribution in [3.8, 4) is 16.9 Å². The zero-order chi connectivity index (χ0) is 20.5. The van der Waals surface area contributed by atoms with Gasteiger partial charge in [0.25, 0.3) is 0 Å². The van der Waals surface area contributed by atoms with Crippen molar-refractivity contribution in [2.45, 2.75) is 6.92 Å². The molecule has 9 heteroatoms. The standard InChI is InChI=1S/C20H22ClN7O/c1-12-5-6-15(29-4)17(21)16(12)14-9-13-10-23-20(22-7-8-27(2)3)25-18(13)28-11-24-26-19(14)28/h5-6,9-11H,7-8H2,1-4H3,(H,22,23,25). The maximum absolute atomic E-state index is 6.65. The highest BCUT2D eigenvalue weighted by molar-refractivity contribution is 6.35. The molecule has 8 nitrogen and oxygen atoms in total. The van der Waals surface area contributed by atoms with Gasteiger partial charge in [0, 0.05) is 35.8 Å². The Morgan fingerprint density at radius 1 is 1.24 bits per heavy atom. The van der Waals surface area contributed by atoms with Crippen LogP contribution in [0.1, 0.15) is 5.56 Å². The summed E-state index contributed by atoms with van der Waals surface area (Å²) in [4.78, 5) is 11.2. The largest absolute Gasteiger partial charge is 0.495 e. The molecule has 0 unspecified atom stereocenters. The van der Waals surface area contributed by atoms with E-state index in [0.29, 0.717) is 22.4 Å². The number of fused-ring (bicyclic) bond motifs is 3. The second-order valence-electron chi connectivity index (χ2n) is 7.06. The molecule has 0 aliphatic heterocycles. The first kappa shape index (κ1) is 19.4. The van der Waals surface area contributed by atoms with Gasteiger partial charge in [-0.15, -0.1) is 10.2 Å². The van der Waals surface area contributed by atoms with Crippen LogP contribution in [0.25, 0.3) is 27.8 Å². The summed E-state index contributed by atoms with van der Waals surface area (Å²) in [6.07, 6.45) is 3.45. The molecule has 3 heterocycles. The van der Waals surface area contributed by atoms with Crippen LogP contribution in [0.15, 0.2) is 30.7 Å². The number of aryl methyl sites for hydroxylation is 1. The van der Waals surface area contributed by atoms with Crippen LogP contribution >= 0.6 is 11.6 Å². The fourth-order valence-corrected chi connectivity index (χ4v) is 3.66. The molecule has 1 aromatic carbocycles. The molecule has 0 radical (unpaired) electrons. The molecule has 4 aromatic rings. The minimum absolute atomic E-state index is 0.541. The third-order valence-electron chi connectivity index (χ3n) is 4.76. The maximum Gasteiger partial charge on any atom is 0.224 e. The predicted octanol–water partition coefficient (Wildman–Crippen LogP) is 3.28. The second-order valence-corrected chi connectivity index (χ2v) is 7.44. The molecule has 0 spiro atoms. The van der Waals surface area contributed by atoms with Gasteiger partial charge in [-0.25, -0.2) is 4.98 Å². The molecule has 3 aromatic heterocycles. The Hall–Kier alpha value is -2.97. The fraction of sp³-hybridized carbons (Fsp3) is 0.300. The molecular weight excluding hydrogens is 390 g/mol. The number of anilines is 1. The Labute approximate surface area is 173 Å². The number of rotatable bonds is 6. The minimum atomic E-state index is 0.541. The Morgan fingerprint density at radius 2 is 2.07 bits per heavy atom. The number of benzene rings is 1. The first-order valence-corrected chi connectivity index (χ1v) is 9.59. The fourth-order valence-electron chi connectivity index (χ4n) is 3.27. The van der Waals surface area contributed by atoms with Gasteiger partial charge in [0.15, 0.2) is 11.3 Å². The van der Waals surface area contributed by atoms with E-state index in [4.69, 9.17) is 16.3 Å². The smallest absolute Gasteiger partial charge is 0.224 e. The van der Waals surface area contributed by atoms with Gasteiger partial charge in [-0.1, -0.05) is 17.7 Å². The van der Waals surface area contributed by atoms with Crippen molar-refractivity contribution in [1.29, 1.82) is 0 Å². The first-order valence-electron chi connectivity index (χ1n) is 9.21. The van der Waals surface area contributed by atoms with Crippen molar-refractivity contribution in [2.75, 3.05) is 39.6 Å². The summed E-state index contributed by atoms with van der Waals surface area (Å²) in [5, 5.41) is 13.1. The molecule has 4 rings (SSSR count). The summed E-state index contributed by atoms with van der Waals surface area (Å²) >= 11 is 6.65. The number of methoxy groups -OCH3 is 1. The third-order valence-corrected chi connectivity index (χ3v) is 5.13. The van der Waals surface area contributed by atoms with E-state index in [0.717, 1.165) is 40.8 Å². The van der Waals surface area contributed by atoms with Crippen molar-refractivity contribution < 1.29 is 4.74 Å². The summed E-state index contributed by atoms with van der Waals surface area (Å²) in [6.45, 7) is 3.64. The van der Waals surface area contributed by atoms with Gasteiger partial charge in [0.05, 0.1) is 12.1 Å². The molecule has 0 saturated heterocycles. The monoisotopic (exact) mass is 411 g/mol. The number of halogens is 1. The van der Waals surface area contributed by atoms with E-state index in [2.05, 4.69) is 30.4 Å². The van der Waals surface area contributed by atoms with Crippen LogP contribution in [0.3, 0.4) is 0 Å². The Morgan fingerprint density at radius 3 is 2.83 bits per heavy atom. The normalized spacial score (nSPS) is 11.5. The van der Waals surface area contributed by atoms with Gasteiger partial charge in [-0.05, 0) is 38.7 Å². The van der Waals surface area contributed by atoms with E-state index in [1.54, 1.807) is 19.6 Å². The number of hydrogen-bond donors (Lipinski definition) is 1. The lowest BCUT2D eigenvalue weighted by Gasteiger charge is -2.14.